The van der Waals surface area contributed by atoms with Crippen LogP contribution in [0, 0.1) is 5.92 Å². The fourth-order valence-corrected chi connectivity index (χ4v) is 1.30. The summed E-state index contributed by atoms with van der Waals surface area (Å²) in [6, 6.07) is 0. The van der Waals surface area contributed by atoms with Crippen LogP contribution in [0.4, 0.5) is 0 Å². The zero-order valence-electron chi connectivity index (χ0n) is 7.14. The van der Waals surface area contributed by atoms with Gasteiger partial charge in [0.05, 0.1) is 0 Å². The van der Waals surface area contributed by atoms with Crippen molar-refractivity contribution in [3.8, 4) is 0 Å². The van der Waals surface area contributed by atoms with Crippen LogP contribution in [0.2, 0.25) is 0 Å². The van der Waals surface area contributed by atoms with Gasteiger partial charge >= 0.3 is 0 Å². The molecule has 0 spiro atoms. The van der Waals surface area contributed by atoms with Gasteiger partial charge in [0, 0.05) is 13.2 Å². The summed E-state index contributed by atoms with van der Waals surface area (Å²) < 4.78 is 5.25. The van der Waals surface area contributed by atoms with Gasteiger partial charge in [0.15, 0.2) is 0 Å². The summed E-state index contributed by atoms with van der Waals surface area (Å²) in [6.07, 6.45) is 2.49. The van der Waals surface area contributed by atoms with Crippen molar-refractivity contribution in [1.29, 1.82) is 0 Å². The first kappa shape index (κ1) is 11.2. The van der Waals surface area contributed by atoms with Crippen LogP contribution >= 0.6 is 12.4 Å². The van der Waals surface area contributed by atoms with Gasteiger partial charge in [-0.15, -0.1) is 12.4 Å². The molecule has 1 aliphatic heterocycles. The standard InChI is InChI=1S/C8H17NO.ClH/c1-2-9-7-8-3-5-10-6-4-8;/h8-9H,2-7H2,1H3;1H. The topological polar surface area (TPSA) is 21.3 Å². The van der Waals surface area contributed by atoms with Gasteiger partial charge in [0.2, 0.25) is 0 Å². The Morgan fingerprint density at radius 2 is 2.00 bits per heavy atom. The van der Waals surface area contributed by atoms with Gasteiger partial charge in [0.1, 0.15) is 0 Å². The molecule has 1 rings (SSSR count). The third kappa shape index (κ3) is 4.62. The average Bonchev–Trinajstić information content (AvgIpc) is 2.03. The third-order valence-electron chi connectivity index (χ3n) is 2.02. The van der Waals surface area contributed by atoms with Gasteiger partial charge in [-0.25, -0.2) is 0 Å². The highest BCUT2D eigenvalue weighted by Gasteiger charge is 2.11. The zero-order valence-corrected chi connectivity index (χ0v) is 7.95. The smallest absolute Gasteiger partial charge is 0.0469 e. The van der Waals surface area contributed by atoms with Gasteiger partial charge in [-0.3, -0.25) is 0 Å². The summed E-state index contributed by atoms with van der Waals surface area (Å²) in [5.74, 6) is 0.869. The highest BCUT2D eigenvalue weighted by Crippen LogP contribution is 2.12. The van der Waals surface area contributed by atoms with Crippen molar-refractivity contribution in [2.24, 2.45) is 5.92 Å². The van der Waals surface area contributed by atoms with E-state index in [-0.39, 0.29) is 12.4 Å². The van der Waals surface area contributed by atoms with E-state index in [1.807, 2.05) is 0 Å². The number of hydrogen-bond donors (Lipinski definition) is 1. The van der Waals surface area contributed by atoms with E-state index < -0.39 is 0 Å². The molecule has 1 heterocycles. The van der Waals surface area contributed by atoms with Gasteiger partial charge in [-0.1, -0.05) is 6.92 Å². The monoisotopic (exact) mass is 179 g/mol. The summed E-state index contributed by atoms with van der Waals surface area (Å²) in [4.78, 5) is 0. The Kier molecular flexibility index (Phi) is 7.02. The van der Waals surface area contributed by atoms with Crippen molar-refractivity contribution in [3.05, 3.63) is 0 Å². The number of rotatable bonds is 3. The molecule has 0 unspecified atom stereocenters. The molecule has 1 saturated heterocycles. The maximum absolute atomic E-state index is 5.25. The minimum absolute atomic E-state index is 0. The molecule has 0 aromatic heterocycles. The lowest BCUT2D eigenvalue weighted by Gasteiger charge is -2.21. The van der Waals surface area contributed by atoms with E-state index in [0.717, 1.165) is 25.7 Å². The molecule has 0 aromatic carbocycles. The van der Waals surface area contributed by atoms with Crippen molar-refractivity contribution in [3.63, 3.8) is 0 Å². The van der Waals surface area contributed by atoms with Crippen LogP contribution in [0.15, 0.2) is 0 Å². The van der Waals surface area contributed by atoms with Crippen molar-refractivity contribution in [1.82, 2.24) is 5.32 Å². The molecule has 3 heteroatoms. The Bertz CT molecular complexity index is 84.2. The first-order chi connectivity index (χ1) is 4.93. The Morgan fingerprint density at radius 1 is 1.36 bits per heavy atom. The number of nitrogens with one attached hydrogen (secondary N) is 1. The summed E-state index contributed by atoms with van der Waals surface area (Å²) >= 11 is 0. The summed E-state index contributed by atoms with van der Waals surface area (Å²) in [5.41, 5.74) is 0. The molecule has 1 aliphatic rings. The second-order valence-electron chi connectivity index (χ2n) is 2.86. The van der Waals surface area contributed by atoms with Crippen LogP contribution in [0.5, 0.6) is 0 Å². The van der Waals surface area contributed by atoms with Crippen LogP contribution < -0.4 is 5.32 Å². The van der Waals surface area contributed by atoms with Crippen LogP contribution in [-0.4, -0.2) is 26.3 Å². The Balaban J connectivity index is 0.000001000. The quantitative estimate of drug-likeness (QED) is 0.708. The molecule has 0 aromatic rings. The molecule has 0 radical (unpaired) electrons. The van der Waals surface area contributed by atoms with Gasteiger partial charge in [-0.2, -0.15) is 0 Å². The lowest BCUT2D eigenvalue weighted by Crippen LogP contribution is -2.27. The molecular weight excluding hydrogens is 162 g/mol. The van der Waals surface area contributed by atoms with Gasteiger partial charge in [0.25, 0.3) is 0 Å². The molecule has 11 heavy (non-hydrogen) atoms. The fraction of sp³-hybridized carbons (Fsp3) is 1.00. The largest absolute Gasteiger partial charge is 0.381 e. The molecule has 2 nitrogen and oxygen atoms in total. The minimum atomic E-state index is 0. The van der Waals surface area contributed by atoms with E-state index in [4.69, 9.17) is 4.74 Å². The van der Waals surface area contributed by atoms with Crippen molar-refractivity contribution < 1.29 is 4.74 Å². The molecule has 68 valence electrons. The molecular formula is C8H18ClNO. The van der Waals surface area contributed by atoms with E-state index >= 15 is 0 Å². The number of hydrogen-bond acceptors (Lipinski definition) is 2. The minimum Gasteiger partial charge on any atom is -0.381 e. The molecule has 1 fully saturated rings. The van der Waals surface area contributed by atoms with Crippen molar-refractivity contribution in [2.45, 2.75) is 19.8 Å². The maximum Gasteiger partial charge on any atom is 0.0469 e. The molecule has 0 atom stereocenters. The highest BCUT2D eigenvalue weighted by atomic mass is 35.5. The third-order valence-corrected chi connectivity index (χ3v) is 2.02. The van der Waals surface area contributed by atoms with E-state index in [0.29, 0.717) is 0 Å². The summed E-state index contributed by atoms with van der Waals surface area (Å²) in [5, 5.41) is 3.36. The maximum atomic E-state index is 5.25. The summed E-state index contributed by atoms with van der Waals surface area (Å²) in [6.45, 7) is 6.36. The normalized spacial score (nSPS) is 19.4. The number of halogens is 1. The van der Waals surface area contributed by atoms with Crippen LogP contribution in [0.1, 0.15) is 19.8 Å². The van der Waals surface area contributed by atoms with Crippen LogP contribution in [0.3, 0.4) is 0 Å². The molecule has 1 N–H and O–H groups in total. The second kappa shape index (κ2) is 6.89. The Morgan fingerprint density at radius 3 is 2.55 bits per heavy atom. The predicted octanol–water partition coefficient (Wildman–Crippen LogP) is 1.44. The number of ether oxygens (including phenoxy) is 1. The van der Waals surface area contributed by atoms with Gasteiger partial charge in [-0.05, 0) is 31.8 Å². The SMILES string of the molecule is CCNCC1CCOCC1.Cl. The van der Waals surface area contributed by atoms with Crippen molar-refractivity contribution in [2.75, 3.05) is 26.3 Å². The second-order valence-corrected chi connectivity index (χ2v) is 2.86. The van der Waals surface area contributed by atoms with Crippen LogP contribution in [-0.2, 0) is 4.74 Å². The van der Waals surface area contributed by atoms with Crippen molar-refractivity contribution >= 4 is 12.4 Å². The average molecular weight is 180 g/mol. The predicted molar refractivity (Wildman–Crippen MR) is 49.3 cm³/mol. The summed E-state index contributed by atoms with van der Waals surface area (Å²) in [7, 11) is 0. The van der Waals surface area contributed by atoms with E-state index in [2.05, 4.69) is 12.2 Å². The Labute approximate surface area is 75.1 Å². The molecule has 0 amide bonds. The molecule has 0 bridgehead atoms. The molecule has 0 aliphatic carbocycles. The fourth-order valence-electron chi connectivity index (χ4n) is 1.30. The first-order valence-corrected chi connectivity index (χ1v) is 4.22. The van der Waals surface area contributed by atoms with Gasteiger partial charge < -0.3 is 10.1 Å². The lowest BCUT2D eigenvalue weighted by atomic mass is 10.0. The van der Waals surface area contributed by atoms with E-state index in [1.54, 1.807) is 0 Å². The highest BCUT2D eigenvalue weighted by molar-refractivity contribution is 5.85. The lowest BCUT2D eigenvalue weighted by molar-refractivity contribution is 0.0665. The molecule has 0 saturated carbocycles. The first-order valence-electron chi connectivity index (χ1n) is 4.22. The van der Waals surface area contributed by atoms with Crippen LogP contribution in [0.25, 0.3) is 0 Å². The Hall–Kier alpha value is 0.210. The zero-order chi connectivity index (χ0) is 7.23. The van der Waals surface area contributed by atoms with E-state index in [1.165, 1.54) is 19.4 Å². The van der Waals surface area contributed by atoms with E-state index in [9.17, 15) is 0 Å².